The van der Waals surface area contributed by atoms with E-state index in [0.717, 1.165) is 18.2 Å². The number of halogens is 12. The van der Waals surface area contributed by atoms with Gasteiger partial charge in [-0.15, -0.1) is 0 Å². The van der Waals surface area contributed by atoms with Crippen molar-refractivity contribution in [1.29, 1.82) is 42.1 Å². The minimum atomic E-state index is -5.79. The van der Waals surface area contributed by atoms with E-state index >= 15 is 52.7 Å². The molecule has 0 radical (unpaired) electrons. The molecular formula is C120H58F12N12. The van der Waals surface area contributed by atoms with E-state index in [2.05, 4.69) is 48.6 Å². The molecule has 12 nitrogen and oxygen atoms in total. The molecular weight excluding hydrogens is 1840 g/mol. The van der Waals surface area contributed by atoms with Crippen LogP contribution in [0.25, 0.3) is 210 Å². The predicted molar refractivity (Wildman–Crippen MR) is 530 cm³/mol. The van der Waals surface area contributed by atoms with Crippen LogP contribution in [0.5, 0.6) is 0 Å². The second kappa shape index (κ2) is 34.1. The van der Waals surface area contributed by atoms with Gasteiger partial charge in [0.25, 0.3) is 0 Å². The summed E-state index contributed by atoms with van der Waals surface area (Å²) in [7, 11) is 0. The third-order valence-corrected chi connectivity index (χ3v) is 26.7. The van der Waals surface area contributed by atoms with Gasteiger partial charge >= 0.3 is 24.7 Å². The van der Waals surface area contributed by atoms with Gasteiger partial charge in [0.05, 0.1) is 159 Å². The van der Waals surface area contributed by atoms with Gasteiger partial charge in [-0.2, -0.15) is 94.8 Å². The van der Waals surface area contributed by atoms with Gasteiger partial charge in [0, 0.05) is 65.3 Å². The van der Waals surface area contributed by atoms with E-state index in [0.29, 0.717) is 135 Å². The van der Waals surface area contributed by atoms with Gasteiger partial charge in [-0.25, -0.2) is 0 Å². The summed E-state index contributed by atoms with van der Waals surface area (Å²) in [6, 6.07) is 105. The minimum absolute atomic E-state index is 0.000155. The number of hydrogen-bond acceptors (Lipinski definition) is 8. The Morgan fingerprint density at radius 3 is 0.764 bits per heavy atom. The van der Waals surface area contributed by atoms with E-state index in [-0.39, 0.29) is 99.8 Å². The predicted octanol–water partition coefficient (Wildman–Crippen LogP) is 32.1. The first kappa shape index (κ1) is 89.5. The Bertz CT molecular complexity index is 9560. The minimum Gasteiger partial charge on any atom is -0.308 e. The van der Waals surface area contributed by atoms with Crippen LogP contribution in [0.4, 0.5) is 52.7 Å². The van der Waals surface area contributed by atoms with Crippen molar-refractivity contribution in [2.24, 2.45) is 0 Å². The van der Waals surface area contributed by atoms with Gasteiger partial charge in [-0.3, -0.25) is 0 Å². The Labute approximate surface area is 810 Å². The van der Waals surface area contributed by atoms with E-state index in [4.69, 9.17) is 0 Å². The fourth-order valence-corrected chi connectivity index (χ4v) is 20.5. The number of nitriles is 8. The molecule has 0 aliphatic heterocycles. The summed E-state index contributed by atoms with van der Waals surface area (Å²) >= 11 is 0. The summed E-state index contributed by atoms with van der Waals surface area (Å²) in [5.41, 5.74) is -8.07. The number of nitrogens with zero attached hydrogens (tertiary/aromatic N) is 12. The van der Waals surface area contributed by atoms with Crippen molar-refractivity contribution in [2.75, 3.05) is 0 Å². The normalized spacial score (nSPS) is 11.8. The lowest BCUT2D eigenvalue weighted by Gasteiger charge is -2.26. The maximum Gasteiger partial charge on any atom is 0.417 e. The zero-order valence-corrected chi connectivity index (χ0v) is 74.4. The summed E-state index contributed by atoms with van der Waals surface area (Å²) in [6.45, 7) is 0. The van der Waals surface area contributed by atoms with Crippen LogP contribution in [-0.4, -0.2) is 18.3 Å². The number of rotatable bonds is 13. The summed E-state index contributed by atoms with van der Waals surface area (Å²) < 4.78 is 212. The lowest BCUT2D eigenvalue weighted by atomic mass is 9.85. The first-order chi connectivity index (χ1) is 69.6. The number of para-hydroxylation sites is 2. The molecule has 0 spiro atoms. The van der Waals surface area contributed by atoms with E-state index in [1.807, 2.05) is 24.3 Å². The lowest BCUT2D eigenvalue weighted by Crippen LogP contribution is -2.16. The van der Waals surface area contributed by atoms with Crippen LogP contribution in [0.3, 0.4) is 0 Å². The van der Waals surface area contributed by atoms with Crippen LogP contribution in [0.2, 0.25) is 0 Å². The second-order valence-electron chi connectivity index (χ2n) is 34.7. The number of fused-ring (bicyclic) bond motifs is 12. The van der Waals surface area contributed by atoms with Crippen LogP contribution >= 0.6 is 0 Å². The quantitative estimate of drug-likeness (QED) is 0.101. The molecule has 0 fully saturated rings. The molecule has 0 bridgehead atoms. The average Bonchev–Trinajstić information content (AvgIpc) is 1.22. The summed E-state index contributed by atoms with van der Waals surface area (Å²) in [5, 5.41) is 90.2. The summed E-state index contributed by atoms with van der Waals surface area (Å²) in [4.78, 5) is 0. The molecule has 0 saturated heterocycles. The highest BCUT2D eigenvalue weighted by Gasteiger charge is 2.46. The van der Waals surface area contributed by atoms with Gasteiger partial charge in [-0.1, -0.05) is 188 Å². The molecule has 18 aromatic carbocycles. The summed E-state index contributed by atoms with van der Waals surface area (Å²) in [5.74, 6) is 0. The Hall–Kier alpha value is -19.8. The van der Waals surface area contributed by atoms with Crippen LogP contribution in [0.1, 0.15) is 66.8 Å². The van der Waals surface area contributed by atoms with Crippen molar-refractivity contribution in [1.82, 2.24) is 18.3 Å². The molecule has 144 heavy (non-hydrogen) atoms. The number of benzene rings is 18. The molecule has 0 unspecified atom stereocenters. The highest BCUT2D eigenvalue weighted by Crippen LogP contribution is 2.56. The fourth-order valence-electron chi connectivity index (χ4n) is 20.5. The zero-order valence-electron chi connectivity index (χ0n) is 74.4. The molecule has 0 aliphatic rings. The van der Waals surface area contributed by atoms with Gasteiger partial charge < -0.3 is 18.3 Å². The van der Waals surface area contributed by atoms with E-state index < -0.39 is 97.3 Å². The van der Waals surface area contributed by atoms with Gasteiger partial charge in [0.2, 0.25) is 0 Å². The Morgan fingerprint density at radius 2 is 0.431 bits per heavy atom. The van der Waals surface area contributed by atoms with E-state index in [1.165, 1.54) is 62.2 Å². The van der Waals surface area contributed by atoms with Crippen LogP contribution < -0.4 is 0 Å². The van der Waals surface area contributed by atoms with Crippen molar-refractivity contribution in [3.05, 3.63) is 419 Å². The third-order valence-electron chi connectivity index (χ3n) is 26.7. The van der Waals surface area contributed by atoms with E-state index in [1.54, 1.807) is 235 Å². The number of hydrogen-bond donors (Lipinski definition) is 0. The summed E-state index contributed by atoms with van der Waals surface area (Å²) in [6.07, 6.45) is -22.7. The molecule has 4 aromatic heterocycles. The highest BCUT2D eigenvalue weighted by atomic mass is 19.4. The number of aromatic nitrogens is 4. The molecule has 4 heterocycles. The molecule has 22 aromatic rings. The van der Waals surface area contributed by atoms with Crippen LogP contribution in [0.15, 0.2) is 352 Å². The molecule has 0 aliphatic carbocycles. The zero-order chi connectivity index (χ0) is 99.8. The molecule has 0 N–H and O–H groups in total. The van der Waals surface area contributed by atoms with Crippen molar-refractivity contribution in [2.45, 2.75) is 24.7 Å². The van der Waals surface area contributed by atoms with Crippen LogP contribution in [-0.2, 0) is 24.7 Å². The van der Waals surface area contributed by atoms with Gasteiger partial charge in [0.1, 0.15) is 23.3 Å². The van der Waals surface area contributed by atoms with Crippen molar-refractivity contribution < 1.29 is 52.7 Å². The Morgan fingerprint density at radius 1 is 0.174 bits per heavy atom. The monoisotopic (exact) mass is 1890 g/mol. The fraction of sp³-hybridized carbons (Fsp3) is 0.0333. The van der Waals surface area contributed by atoms with Gasteiger partial charge in [-0.05, 0) is 242 Å². The maximum absolute atomic E-state index is 18.0. The van der Waals surface area contributed by atoms with Crippen molar-refractivity contribution in [3.8, 4) is 171 Å². The molecule has 0 amide bonds. The third kappa shape index (κ3) is 14.9. The largest absolute Gasteiger partial charge is 0.417 e. The van der Waals surface area contributed by atoms with E-state index in [9.17, 15) is 42.1 Å². The van der Waals surface area contributed by atoms with Crippen molar-refractivity contribution >= 4 is 87.2 Å². The Balaban J connectivity index is 0.868. The number of alkyl halides is 12. The average molecular weight is 1900 g/mol. The standard InChI is InChI=1S/C120H58F12N12/c121-117(122,123)99-26-11-27-100(118(124,125)126)113(99)92-40-43-106(98(66-140)116(92)144-110-55-81(76-21-8-15-70(47-76)62-136)32-37-89(110)90-38-33-82(56-111(90)144)77-22-9-16-71(48-77)63-137)142-108-53-79(74-19-6-13-68(45-74)60-134)34-39-91(108)96-57-94(95(58-112(96)142)83-23-10-17-72(49-83)64-138)84-50-101(119(127,128)129)114(102(51-84)120(130,131)132)93-41-42-105(141-103-28-3-1-24-85(103)87-35-30-78(52-107(87)141)73-18-5-12-67(44-73)59-133)97(65-139)115(93)143-104-29-4-2-25-86(104)88-36-31-80(54-109(88)143)75-20-7-14-69(46-75)61-135/h1-58H. The smallest absolute Gasteiger partial charge is 0.308 e. The molecule has 0 saturated carbocycles. The maximum atomic E-state index is 18.0. The molecule has 682 valence electrons. The molecule has 24 heteroatoms. The topological polar surface area (TPSA) is 210 Å². The lowest BCUT2D eigenvalue weighted by molar-refractivity contribution is -0.143. The van der Waals surface area contributed by atoms with Crippen LogP contribution in [0, 0.1) is 90.6 Å². The second-order valence-corrected chi connectivity index (χ2v) is 34.7. The van der Waals surface area contributed by atoms with Crippen molar-refractivity contribution in [3.63, 3.8) is 0 Å². The van der Waals surface area contributed by atoms with Gasteiger partial charge in [0.15, 0.2) is 0 Å². The SMILES string of the molecule is N#Cc1cccc(-c2ccc3c4ccccc4n(-c4ccc(-c5c(C(F)(F)F)cc(-c6cc7c8ccc(-c9cccc(C#N)c9)cc8n(-c8ccc(-c9c(C(F)(F)F)cccc9C(F)(F)F)c(-n9c%10cc(-c%11cccc(C#N)c%11)ccc%10c%10ccc(-c%11cccc(C#N)c%11)cc%109)c8C#N)c7cc6-c6cccc(C#N)c6)cc5C(F)(F)F)c(-n5c6ccccc6c6ccc(-c7cccc(C#N)c7)cc65)c4C#N)c3c2)c1. The Kier molecular flexibility index (Phi) is 21.2. The molecule has 22 rings (SSSR count). The molecule has 0 atom stereocenters. The first-order valence-corrected chi connectivity index (χ1v) is 44.6. The highest BCUT2D eigenvalue weighted by molar-refractivity contribution is 6.18. The first-order valence-electron chi connectivity index (χ1n) is 44.6.